The van der Waals surface area contributed by atoms with Crippen LogP contribution in [0.25, 0.3) is 0 Å². The standard InChI is InChI=1S/C13H18BrNO2/c1-4-9(2)15-13(3,12(16)17)10-7-5-6-8-11(10)14/h5-9,15H,4H2,1-3H3,(H,16,17). The van der Waals surface area contributed by atoms with Crippen LogP contribution in [0, 0.1) is 0 Å². The highest BCUT2D eigenvalue weighted by Gasteiger charge is 2.37. The maximum Gasteiger partial charge on any atom is 0.328 e. The molecule has 3 nitrogen and oxygen atoms in total. The van der Waals surface area contributed by atoms with Gasteiger partial charge in [-0.25, -0.2) is 4.79 Å². The lowest BCUT2D eigenvalue weighted by molar-refractivity contribution is -0.145. The minimum absolute atomic E-state index is 0.142. The number of halogens is 1. The third-order valence-electron chi connectivity index (χ3n) is 2.99. The smallest absolute Gasteiger partial charge is 0.328 e. The SMILES string of the molecule is CCC(C)NC(C)(C(=O)O)c1ccccc1Br. The molecule has 0 aliphatic heterocycles. The van der Waals surface area contributed by atoms with E-state index in [0.29, 0.717) is 0 Å². The van der Waals surface area contributed by atoms with Gasteiger partial charge >= 0.3 is 5.97 Å². The van der Waals surface area contributed by atoms with Gasteiger partial charge in [0.2, 0.25) is 0 Å². The van der Waals surface area contributed by atoms with Gasteiger partial charge in [-0.2, -0.15) is 0 Å². The maximum absolute atomic E-state index is 11.5. The summed E-state index contributed by atoms with van der Waals surface area (Å²) in [5, 5.41) is 12.6. The van der Waals surface area contributed by atoms with E-state index in [1.165, 1.54) is 0 Å². The van der Waals surface area contributed by atoms with Crippen LogP contribution in [0.1, 0.15) is 32.8 Å². The predicted octanol–water partition coefficient (Wildman–Crippen LogP) is 3.14. The number of hydrogen-bond acceptors (Lipinski definition) is 2. The molecule has 1 aromatic carbocycles. The maximum atomic E-state index is 11.5. The molecule has 0 fully saturated rings. The van der Waals surface area contributed by atoms with Crippen molar-refractivity contribution >= 4 is 21.9 Å². The molecule has 0 aromatic heterocycles. The van der Waals surface area contributed by atoms with Crippen LogP contribution < -0.4 is 5.32 Å². The molecule has 2 N–H and O–H groups in total. The van der Waals surface area contributed by atoms with Gasteiger partial charge in [0.1, 0.15) is 5.54 Å². The Balaban J connectivity index is 3.17. The quantitative estimate of drug-likeness (QED) is 0.878. The highest BCUT2D eigenvalue weighted by Crippen LogP contribution is 2.29. The first-order valence-corrected chi connectivity index (χ1v) is 6.47. The number of hydrogen-bond donors (Lipinski definition) is 2. The molecular weight excluding hydrogens is 282 g/mol. The Labute approximate surface area is 110 Å². The summed E-state index contributed by atoms with van der Waals surface area (Å²) in [6, 6.07) is 7.55. The van der Waals surface area contributed by atoms with Gasteiger partial charge in [-0.1, -0.05) is 41.1 Å². The first-order chi connectivity index (χ1) is 7.91. The van der Waals surface area contributed by atoms with Gasteiger partial charge in [-0.15, -0.1) is 0 Å². The lowest BCUT2D eigenvalue weighted by atomic mass is 9.91. The van der Waals surface area contributed by atoms with Crippen LogP contribution >= 0.6 is 15.9 Å². The molecule has 0 saturated heterocycles. The van der Waals surface area contributed by atoms with Crippen molar-refractivity contribution in [2.45, 2.75) is 38.8 Å². The average molecular weight is 300 g/mol. The third-order valence-corrected chi connectivity index (χ3v) is 3.68. The molecule has 4 heteroatoms. The van der Waals surface area contributed by atoms with Gasteiger partial charge in [0.05, 0.1) is 0 Å². The van der Waals surface area contributed by atoms with Gasteiger partial charge < -0.3 is 5.11 Å². The summed E-state index contributed by atoms with van der Waals surface area (Å²) in [6.07, 6.45) is 0.882. The van der Waals surface area contributed by atoms with E-state index in [2.05, 4.69) is 21.2 Å². The zero-order chi connectivity index (χ0) is 13.1. The Bertz CT molecular complexity index is 408. The van der Waals surface area contributed by atoms with Crippen molar-refractivity contribution < 1.29 is 9.90 Å². The normalized spacial score (nSPS) is 16.2. The largest absolute Gasteiger partial charge is 0.480 e. The van der Waals surface area contributed by atoms with Crippen molar-refractivity contribution in [1.29, 1.82) is 0 Å². The third kappa shape index (κ3) is 3.07. The average Bonchev–Trinajstić information content (AvgIpc) is 2.28. The van der Waals surface area contributed by atoms with Crippen LogP contribution in [-0.2, 0) is 10.3 Å². The molecule has 0 bridgehead atoms. The number of carboxylic acids is 1. The van der Waals surface area contributed by atoms with E-state index in [0.717, 1.165) is 16.5 Å². The molecule has 2 atom stereocenters. The minimum atomic E-state index is -1.07. The van der Waals surface area contributed by atoms with Crippen LogP contribution in [0.2, 0.25) is 0 Å². The van der Waals surface area contributed by atoms with Gasteiger partial charge in [0.15, 0.2) is 0 Å². The zero-order valence-corrected chi connectivity index (χ0v) is 11.9. The molecule has 94 valence electrons. The molecule has 17 heavy (non-hydrogen) atoms. The number of carbonyl (C=O) groups is 1. The van der Waals surface area contributed by atoms with Crippen LogP contribution in [-0.4, -0.2) is 17.1 Å². The Morgan fingerprint density at radius 1 is 1.53 bits per heavy atom. The molecule has 0 saturated carbocycles. The Kier molecular flexibility index (Phi) is 4.71. The molecule has 0 amide bonds. The second-order valence-electron chi connectivity index (χ2n) is 4.36. The summed E-state index contributed by atoms with van der Waals surface area (Å²) in [5.41, 5.74) is -0.331. The van der Waals surface area contributed by atoms with Crippen LogP contribution in [0.3, 0.4) is 0 Å². The highest BCUT2D eigenvalue weighted by atomic mass is 79.9. The van der Waals surface area contributed by atoms with Crippen molar-refractivity contribution in [2.24, 2.45) is 0 Å². The first-order valence-electron chi connectivity index (χ1n) is 5.68. The lowest BCUT2D eigenvalue weighted by Crippen LogP contribution is -2.50. The van der Waals surface area contributed by atoms with E-state index in [-0.39, 0.29) is 6.04 Å². The van der Waals surface area contributed by atoms with Gasteiger partial charge in [0, 0.05) is 10.5 Å². The highest BCUT2D eigenvalue weighted by molar-refractivity contribution is 9.10. The van der Waals surface area contributed by atoms with E-state index in [4.69, 9.17) is 0 Å². The molecule has 0 radical (unpaired) electrons. The van der Waals surface area contributed by atoms with E-state index in [9.17, 15) is 9.90 Å². The van der Waals surface area contributed by atoms with Crippen LogP contribution in [0.5, 0.6) is 0 Å². The number of aliphatic carboxylic acids is 1. The van der Waals surface area contributed by atoms with E-state index >= 15 is 0 Å². The van der Waals surface area contributed by atoms with E-state index in [1.54, 1.807) is 6.92 Å². The van der Waals surface area contributed by atoms with Crippen LogP contribution in [0.15, 0.2) is 28.7 Å². The summed E-state index contributed by atoms with van der Waals surface area (Å²) in [6.45, 7) is 5.71. The van der Waals surface area contributed by atoms with Crippen molar-refractivity contribution in [2.75, 3.05) is 0 Å². The second kappa shape index (κ2) is 5.65. The molecule has 0 aliphatic rings. The summed E-state index contributed by atoms with van der Waals surface area (Å²) in [7, 11) is 0. The monoisotopic (exact) mass is 299 g/mol. The minimum Gasteiger partial charge on any atom is -0.480 e. The van der Waals surface area contributed by atoms with Gasteiger partial charge in [-0.05, 0) is 31.9 Å². The number of nitrogens with one attached hydrogen (secondary N) is 1. The van der Waals surface area contributed by atoms with Crippen molar-refractivity contribution in [3.05, 3.63) is 34.3 Å². The van der Waals surface area contributed by atoms with Gasteiger partial charge in [0.25, 0.3) is 0 Å². The Hall–Kier alpha value is -0.870. The lowest BCUT2D eigenvalue weighted by Gasteiger charge is -2.31. The molecular formula is C13H18BrNO2. The molecule has 0 aliphatic carbocycles. The summed E-state index contributed by atoms with van der Waals surface area (Å²) >= 11 is 3.41. The summed E-state index contributed by atoms with van der Waals surface area (Å²) in [5.74, 6) is -0.871. The second-order valence-corrected chi connectivity index (χ2v) is 5.22. The van der Waals surface area contributed by atoms with Crippen molar-refractivity contribution in [3.8, 4) is 0 Å². The molecule has 0 spiro atoms. The summed E-state index contributed by atoms with van der Waals surface area (Å²) < 4.78 is 0.806. The summed E-state index contributed by atoms with van der Waals surface area (Å²) in [4.78, 5) is 11.5. The van der Waals surface area contributed by atoms with Gasteiger partial charge in [-0.3, -0.25) is 5.32 Å². The first kappa shape index (κ1) is 14.2. The van der Waals surface area contributed by atoms with E-state index in [1.807, 2.05) is 38.1 Å². The topological polar surface area (TPSA) is 49.3 Å². The number of benzene rings is 1. The zero-order valence-electron chi connectivity index (χ0n) is 10.3. The van der Waals surface area contributed by atoms with Crippen LogP contribution in [0.4, 0.5) is 0 Å². The fourth-order valence-corrected chi connectivity index (χ4v) is 2.40. The molecule has 1 aromatic rings. The predicted molar refractivity (Wildman–Crippen MR) is 72.0 cm³/mol. The van der Waals surface area contributed by atoms with Crippen molar-refractivity contribution in [1.82, 2.24) is 5.32 Å². The number of rotatable bonds is 5. The Morgan fingerprint density at radius 3 is 2.59 bits per heavy atom. The molecule has 0 heterocycles. The molecule has 1 rings (SSSR count). The Morgan fingerprint density at radius 2 is 2.12 bits per heavy atom. The van der Waals surface area contributed by atoms with Crippen molar-refractivity contribution in [3.63, 3.8) is 0 Å². The van der Waals surface area contributed by atoms with E-state index < -0.39 is 11.5 Å². The molecule has 2 unspecified atom stereocenters. The fraction of sp³-hybridized carbons (Fsp3) is 0.462. The number of carboxylic acid groups (broad SMARTS) is 1. The fourth-order valence-electron chi connectivity index (χ4n) is 1.72.